The number of nitrogens with two attached hydrogens (primary N) is 2. The summed E-state index contributed by atoms with van der Waals surface area (Å²) in [6, 6.07) is 7.33. The molecule has 19 heteroatoms. The number of aliphatic hydroxyl groups excluding tert-OH is 4. The van der Waals surface area contributed by atoms with Gasteiger partial charge in [-0.05, 0) is 17.7 Å². The molecule has 8 N–H and O–H groups in total. The molecule has 0 radical (unpaired) electrons. The fraction of sp³-hybridized carbons (Fsp3) is 0.448. The van der Waals surface area contributed by atoms with E-state index in [1.54, 1.807) is 16.7 Å². The Kier molecular flexibility index (Phi) is 9.07. The molecule has 2 saturated heterocycles. The zero-order chi connectivity index (χ0) is 33.5. The number of hydrogen-bond acceptors (Lipinski definition) is 16. The van der Waals surface area contributed by atoms with Crippen molar-refractivity contribution in [3.63, 3.8) is 0 Å². The minimum atomic E-state index is -1.29. The number of ether oxygens (including phenoxy) is 3. The quantitative estimate of drug-likeness (QED) is 0.100. The molecular weight excluding hydrogens is 650 g/mol. The highest BCUT2D eigenvalue weighted by Gasteiger charge is 2.47. The zero-order valence-electron chi connectivity index (χ0n) is 25.3. The van der Waals surface area contributed by atoms with E-state index in [9.17, 15) is 20.4 Å². The van der Waals surface area contributed by atoms with Crippen molar-refractivity contribution in [1.82, 2.24) is 43.9 Å². The van der Waals surface area contributed by atoms with Gasteiger partial charge in [0.2, 0.25) is 0 Å². The largest absolute Gasteiger partial charge is 0.394 e. The number of benzene rings is 1. The number of hydrogen-bond donors (Lipinski definition) is 6. The van der Waals surface area contributed by atoms with Crippen LogP contribution in [0.4, 0.5) is 11.6 Å². The lowest BCUT2D eigenvalue weighted by molar-refractivity contribution is -0.0783. The number of nitrogen functional groups attached to an aromatic ring is 2. The Balaban J connectivity index is 1.09. The van der Waals surface area contributed by atoms with E-state index in [0.29, 0.717) is 40.4 Å². The van der Waals surface area contributed by atoms with Gasteiger partial charge in [-0.2, -0.15) is 0 Å². The van der Waals surface area contributed by atoms with Crippen LogP contribution in [-0.2, 0) is 20.8 Å². The summed E-state index contributed by atoms with van der Waals surface area (Å²) in [6.07, 6.45) is -2.70. The highest BCUT2D eigenvalue weighted by Crippen LogP contribution is 2.35. The second-order valence-corrected chi connectivity index (χ2v) is 12.1. The molecular formula is C29H34ClN11O7. The number of rotatable bonds is 11. The fourth-order valence-electron chi connectivity index (χ4n) is 6.15. The number of aromatic nitrogens is 8. The standard InChI is InChI=1S/C29H34ClN11O7/c30-15-3-1-14(2-4-15)7-39(8-16-20(43)22(45)28(47-16)40-12-37-18-24(31)33-10-35-26(18)40)5-6-46-23-21(44)17(9-42)48-29(23)41-13-38-19-25(32)34-11-36-27(19)41/h1-4,10-13,16-17,20-23,28-29,42-45H,5-9H2,(H2,31,33,35)(H2,32,34,36)/t16-,17-,20-,21-,22-,23-,28-,29-/m1/s1. The van der Waals surface area contributed by atoms with E-state index in [4.69, 9.17) is 37.3 Å². The maximum atomic E-state index is 11.1. The maximum absolute atomic E-state index is 11.1. The van der Waals surface area contributed by atoms with Crippen LogP contribution in [0, 0.1) is 0 Å². The van der Waals surface area contributed by atoms with Gasteiger partial charge in [-0.1, -0.05) is 23.7 Å². The monoisotopic (exact) mass is 683 g/mol. The van der Waals surface area contributed by atoms with Crippen LogP contribution in [0.25, 0.3) is 22.3 Å². The summed E-state index contributed by atoms with van der Waals surface area (Å²) in [5.41, 5.74) is 14.3. The molecule has 8 atom stereocenters. The van der Waals surface area contributed by atoms with Crippen LogP contribution in [0.1, 0.15) is 18.0 Å². The van der Waals surface area contributed by atoms with Gasteiger partial charge in [-0.3, -0.25) is 14.0 Å². The highest BCUT2D eigenvalue weighted by molar-refractivity contribution is 6.30. The molecule has 18 nitrogen and oxygen atoms in total. The van der Waals surface area contributed by atoms with Gasteiger partial charge in [0.05, 0.1) is 25.9 Å². The molecule has 2 aliphatic rings. The molecule has 7 rings (SSSR count). The summed E-state index contributed by atoms with van der Waals surface area (Å²) in [5.74, 6) is 0.370. The lowest BCUT2D eigenvalue weighted by Gasteiger charge is -2.28. The van der Waals surface area contributed by atoms with Gasteiger partial charge in [0.15, 0.2) is 35.4 Å². The Bertz CT molecular complexity index is 1880. The number of nitrogens with zero attached hydrogens (tertiary/aromatic N) is 9. The summed E-state index contributed by atoms with van der Waals surface area (Å²) < 4.78 is 21.5. The molecule has 4 aromatic heterocycles. The Hall–Kier alpha value is -4.11. The molecule has 0 spiro atoms. The molecule has 2 fully saturated rings. The van der Waals surface area contributed by atoms with Gasteiger partial charge < -0.3 is 46.1 Å². The van der Waals surface area contributed by atoms with E-state index in [0.717, 1.165) is 5.56 Å². The van der Waals surface area contributed by atoms with Crippen LogP contribution < -0.4 is 11.5 Å². The number of anilines is 2. The van der Waals surface area contributed by atoms with Crippen molar-refractivity contribution in [3.8, 4) is 0 Å². The predicted molar refractivity (Wildman–Crippen MR) is 169 cm³/mol. The first-order chi connectivity index (χ1) is 23.2. The average molecular weight is 684 g/mol. The lowest BCUT2D eigenvalue weighted by atomic mass is 10.1. The summed E-state index contributed by atoms with van der Waals surface area (Å²) in [5, 5.41) is 43.6. The van der Waals surface area contributed by atoms with E-state index in [-0.39, 0.29) is 24.8 Å². The molecule has 48 heavy (non-hydrogen) atoms. The molecule has 0 amide bonds. The van der Waals surface area contributed by atoms with Gasteiger partial charge in [-0.15, -0.1) is 0 Å². The van der Waals surface area contributed by atoms with Crippen molar-refractivity contribution in [3.05, 3.63) is 60.2 Å². The molecule has 5 aromatic rings. The molecule has 0 unspecified atom stereocenters. The third kappa shape index (κ3) is 6.02. The first-order valence-corrected chi connectivity index (χ1v) is 15.5. The maximum Gasteiger partial charge on any atom is 0.167 e. The third-order valence-corrected chi connectivity index (χ3v) is 8.88. The number of aliphatic hydroxyl groups is 4. The minimum absolute atomic E-state index is 0.105. The van der Waals surface area contributed by atoms with E-state index in [1.165, 1.54) is 29.9 Å². The fourth-order valence-corrected chi connectivity index (χ4v) is 6.28. The average Bonchev–Trinajstić information content (AvgIpc) is 3.84. The summed E-state index contributed by atoms with van der Waals surface area (Å²) in [6.45, 7) is 0.594. The second kappa shape index (κ2) is 13.4. The van der Waals surface area contributed by atoms with E-state index in [1.807, 2.05) is 17.0 Å². The second-order valence-electron chi connectivity index (χ2n) is 11.6. The first-order valence-electron chi connectivity index (χ1n) is 15.1. The van der Waals surface area contributed by atoms with Crippen molar-refractivity contribution in [1.29, 1.82) is 0 Å². The van der Waals surface area contributed by atoms with Crippen molar-refractivity contribution in [2.75, 3.05) is 37.8 Å². The number of fused-ring (bicyclic) bond motifs is 2. The van der Waals surface area contributed by atoms with E-state index in [2.05, 4.69) is 29.9 Å². The highest BCUT2D eigenvalue weighted by atomic mass is 35.5. The SMILES string of the molecule is Nc1ncnc2c1ncn2[C@@H]1O[C@H](CN(CCO[C@@H]2[C@H](O)[C@@H](CO)O[C@H]2n2cnc3c(N)ncnc32)Cc2ccc(Cl)cc2)[C@@H](O)[C@H]1O. The molecule has 1 aromatic carbocycles. The Labute approximate surface area is 277 Å². The Morgan fingerprint density at radius 2 is 1.40 bits per heavy atom. The van der Waals surface area contributed by atoms with Crippen LogP contribution in [0.3, 0.4) is 0 Å². The summed E-state index contributed by atoms with van der Waals surface area (Å²) in [4.78, 5) is 26.9. The van der Waals surface area contributed by atoms with Gasteiger partial charge in [0.1, 0.15) is 60.3 Å². The van der Waals surface area contributed by atoms with Crippen LogP contribution in [0.2, 0.25) is 5.02 Å². The normalized spacial score (nSPS) is 27.5. The van der Waals surface area contributed by atoms with Gasteiger partial charge in [0, 0.05) is 24.7 Å². The zero-order valence-corrected chi connectivity index (χ0v) is 26.1. The topological polar surface area (TPSA) is 251 Å². The van der Waals surface area contributed by atoms with Crippen molar-refractivity contribution >= 4 is 45.6 Å². The molecule has 0 aliphatic carbocycles. The van der Waals surface area contributed by atoms with Crippen LogP contribution in [-0.4, -0.2) is 127 Å². The van der Waals surface area contributed by atoms with Gasteiger partial charge in [0.25, 0.3) is 0 Å². The van der Waals surface area contributed by atoms with Crippen molar-refractivity contribution < 1.29 is 34.6 Å². The predicted octanol–water partition coefficient (Wildman–Crippen LogP) is -0.759. The van der Waals surface area contributed by atoms with Crippen molar-refractivity contribution in [2.45, 2.75) is 55.6 Å². The number of imidazole rings is 2. The summed E-state index contributed by atoms with van der Waals surface area (Å²) >= 11 is 6.12. The van der Waals surface area contributed by atoms with Crippen LogP contribution in [0.5, 0.6) is 0 Å². The van der Waals surface area contributed by atoms with Crippen molar-refractivity contribution in [2.24, 2.45) is 0 Å². The smallest absolute Gasteiger partial charge is 0.167 e. The van der Waals surface area contributed by atoms with Gasteiger partial charge in [-0.25, -0.2) is 29.9 Å². The van der Waals surface area contributed by atoms with Crippen LogP contribution in [0.15, 0.2) is 49.6 Å². The van der Waals surface area contributed by atoms with E-state index >= 15 is 0 Å². The minimum Gasteiger partial charge on any atom is -0.394 e. The Morgan fingerprint density at radius 1 is 0.792 bits per heavy atom. The first kappa shape index (κ1) is 32.4. The molecule has 0 bridgehead atoms. The third-order valence-electron chi connectivity index (χ3n) is 8.63. The molecule has 2 aliphatic heterocycles. The van der Waals surface area contributed by atoms with Gasteiger partial charge >= 0.3 is 0 Å². The van der Waals surface area contributed by atoms with Crippen LogP contribution >= 0.6 is 11.6 Å². The summed E-state index contributed by atoms with van der Waals surface area (Å²) in [7, 11) is 0. The lowest BCUT2D eigenvalue weighted by Crippen LogP contribution is -2.42. The number of halogens is 1. The Morgan fingerprint density at radius 3 is 2.02 bits per heavy atom. The molecule has 254 valence electrons. The molecule has 0 saturated carbocycles. The molecule has 6 heterocycles. The van der Waals surface area contributed by atoms with E-state index < -0.39 is 55.7 Å².